The van der Waals surface area contributed by atoms with Gasteiger partial charge in [0.1, 0.15) is 5.82 Å². The largest absolute Gasteiger partial charge is 0.352 e. The van der Waals surface area contributed by atoms with E-state index in [0.717, 1.165) is 5.56 Å². The van der Waals surface area contributed by atoms with E-state index in [2.05, 4.69) is 5.32 Å². The van der Waals surface area contributed by atoms with Gasteiger partial charge in [0.15, 0.2) is 0 Å². The Morgan fingerprint density at radius 1 is 1.20 bits per heavy atom. The van der Waals surface area contributed by atoms with Crippen LogP contribution in [0.4, 0.5) is 4.39 Å². The topological polar surface area (TPSA) is 49.4 Å². The van der Waals surface area contributed by atoms with E-state index in [9.17, 15) is 14.0 Å². The first kappa shape index (κ1) is 17.1. The molecular formula is C20H21FN2O2. The average Bonchev–Trinajstić information content (AvgIpc) is 3.03. The van der Waals surface area contributed by atoms with Crippen molar-refractivity contribution in [1.82, 2.24) is 10.2 Å². The van der Waals surface area contributed by atoms with Gasteiger partial charge in [0.05, 0.1) is 12.0 Å². The Bertz CT molecular complexity index is 763. The number of halogens is 1. The number of carbonyl (C=O) groups is 2. The number of nitrogens with zero attached hydrogens (tertiary/aromatic N) is 1. The van der Waals surface area contributed by atoms with Crippen LogP contribution in [0, 0.1) is 11.7 Å². The highest BCUT2D eigenvalue weighted by Gasteiger charge is 2.36. The van der Waals surface area contributed by atoms with Gasteiger partial charge in [0, 0.05) is 25.1 Å². The molecule has 5 heteroatoms. The number of amides is 2. The third-order valence-corrected chi connectivity index (χ3v) is 4.69. The van der Waals surface area contributed by atoms with Crippen molar-refractivity contribution in [2.45, 2.75) is 25.9 Å². The number of likely N-dealkylation sites (tertiary alicyclic amines) is 1. The minimum atomic E-state index is -0.398. The molecule has 1 aliphatic heterocycles. The van der Waals surface area contributed by atoms with Crippen LogP contribution >= 0.6 is 0 Å². The summed E-state index contributed by atoms with van der Waals surface area (Å²) in [7, 11) is 0. The standard InChI is InChI=1S/C20H21FN2O2/c1-14(15-7-3-2-4-8-15)23-13-17(11-19(23)24)20(25)22-12-16-9-5-6-10-18(16)21/h2-10,14,17H,11-13H2,1H3,(H,22,25)/t14-,17+/m1/s1. The van der Waals surface area contributed by atoms with Crippen LogP contribution in [0.25, 0.3) is 0 Å². The van der Waals surface area contributed by atoms with E-state index >= 15 is 0 Å². The Kier molecular flexibility index (Phi) is 5.12. The quantitative estimate of drug-likeness (QED) is 0.909. The van der Waals surface area contributed by atoms with Gasteiger partial charge < -0.3 is 10.2 Å². The van der Waals surface area contributed by atoms with Crippen molar-refractivity contribution in [3.8, 4) is 0 Å². The molecule has 3 rings (SSSR count). The van der Waals surface area contributed by atoms with Crippen LogP contribution in [0.15, 0.2) is 54.6 Å². The highest BCUT2D eigenvalue weighted by Crippen LogP contribution is 2.28. The molecule has 0 bridgehead atoms. The Balaban J connectivity index is 1.60. The summed E-state index contributed by atoms with van der Waals surface area (Å²) in [6, 6.07) is 16.0. The summed E-state index contributed by atoms with van der Waals surface area (Å²) in [6.07, 6.45) is 0.195. The summed E-state index contributed by atoms with van der Waals surface area (Å²) < 4.78 is 13.6. The molecule has 2 amide bonds. The van der Waals surface area contributed by atoms with Gasteiger partial charge in [-0.25, -0.2) is 4.39 Å². The zero-order valence-electron chi connectivity index (χ0n) is 14.1. The van der Waals surface area contributed by atoms with Crippen LogP contribution in [-0.4, -0.2) is 23.3 Å². The molecule has 4 nitrogen and oxygen atoms in total. The molecule has 1 aliphatic rings. The molecule has 0 saturated carbocycles. The molecule has 0 spiro atoms. The van der Waals surface area contributed by atoms with E-state index in [-0.39, 0.29) is 36.6 Å². The van der Waals surface area contributed by atoms with Gasteiger partial charge in [-0.05, 0) is 18.6 Å². The fourth-order valence-corrected chi connectivity index (χ4v) is 3.16. The fourth-order valence-electron chi connectivity index (χ4n) is 3.16. The number of hydrogen-bond acceptors (Lipinski definition) is 2. The van der Waals surface area contributed by atoms with E-state index in [0.29, 0.717) is 12.1 Å². The van der Waals surface area contributed by atoms with Gasteiger partial charge in [0.25, 0.3) is 0 Å². The molecule has 25 heavy (non-hydrogen) atoms. The predicted octanol–water partition coefficient (Wildman–Crippen LogP) is 3.05. The molecule has 0 aromatic heterocycles. The first-order valence-corrected chi connectivity index (χ1v) is 8.42. The van der Waals surface area contributed by atoms with Crippen molar-refractivity contribution >= 4 is 11.8 Å². The second-order valence-corrected chi connectivity index (χ2v) is 6.34. The minimum absolute atomic E-state index is 0.0256. The number of nitrogens with one attached hydrogen (secondary N) is 1. The maximum absolute atomic E-state index is 13.6. The second-order valence-electron chi connectivity index (χ2n) is 6.34. The smallest absolute Gasteiger partial charge is 0.225 e. The van der Waals surface area contributed by atoms with Crippen LogP contribution in [-0.2, 0) is 16.1 Å². The van der Waals surface area contributed by atoms with Gasteiger partial charge in [-0.1, -0.05) is 48.5 Å². The van der Waals surface area contributed by atoms with E-state index in [1.165, 1.54) is 6.07 Å². The summed E-state index contributed by atoms with van der Waals surface area (Å²) in [5.74, 6) is -0.975. The molecule has 1 heterocycles. The third kappa shape index (κ3) is 3.87. The summed E-state index contributed by atoms with van der Waals surface area (Å²) in [5.41, 5.74) is 1.48. The van der Waals surface area contributed by atoms with E-state index in [1.54, 1.807) is 23.1 Å². The molecule has 2 aromatic rings. The monoisotopic (exact) mass is 340 g/mol. The first-order valence-electron chi connectivity index (χ1n) is 8.42. The molecule has 1 saturated heterocycles. The summed E-state index contributed by atoms with van der Waals surface area (Å²) >= 11 is 0. The number of carbonyl (C=O) groups excluding carboxylic acids is 2. The molecular weight excluding hydrogens is 319 g/mol. The molecule has 1 fully saturated rings. The van der Waals surface area contributed by atoms with Crippen LogP contribution in [0.1, 0.15) is 30.5 Å². The van der Waals surface area contributed by atoms with Crippen LogP contribution < -0.4 is 5.32 Å². The van der Waals surface area contributed by atoms with E-state index in [4.69, 9.17) is 0 Å². The Morgan fingerprint density at radius 3 is 2.60 bits per heavy atom. The lowest BCUT2D eigenvalue weighted by atomic mass is 10.1. The summed E-state index contributed by atoms with van der Waals surface area (Å²) in [6.45, 7) is 2.48. The van der Waals surface area contributed by atoms with Crippen molar-refractivity contribution in [3.05, 3.63) is 71.5 Å². The summed E-state index contributed by atoms with van der Waals surface area (Å²) in [4.78, 5) is 26.4. The molecule has 1 N–H and O–H groups in total. The lowest BCUT2D eigenvalue weighted by Gasteiger charge is -2.25. The SMILES string of the molecule is C[C@H](c1ccccc1)N1C[C@@H](C(=O)NCc2ccccc2F)CC1=O. The molecule has 0 aliphatic carbocycles. The minimum Gasteiger partial charge on any atom is -0.352 e. The zero-order valence-corrected chi connectivity index (χ0v) is 14.1. The molecule has 130 valence electrons. The number of benzene rings is 2. The van der Waals surface area contributed by atoms with Crippen LogP contribution in [0.3, 0.4) is 0 Å². The van der Waals surface area contributed by atoms with Crippen molar-refractivity contribution < 1.29 is 14.0 Å². The Labute approximate surface area is 146 Å². The number of hydrogen-bond donors (Lipinski definition) is 1. The van der Waals surface area contributed by atoms with Crippen molar-refractivity contribution in [3.63, 3.8) is 0 Å². The van der Waals surface area contributed by atoms with Gasteiger partial charge in [0.2, 0.25) is 11.8 Å². The normalized spacial score (nSPS) is 18.2. The van der Waals surface area contributed by atoms with E-state index < -0.39 is 5.92 Å². The molecule has 2 aromatic carbocycles. The molecule has 0 unspecified atom stereocenters. The van der Waals surface area contributed by atoms with Crippen LogP contribution in [0.5, 0.6) is 0 Å². The fraction of sp³-hybridized carbons (Fsp3) is 0.300. The highest BCUT2D eigenvalue weighted by atomic mass is 19.1. The predicted molar refractivity (Wildman–Crippen MR) is 92.9 cm³/mol. The van der Waals surface area contributed by atoms with Crippen molar-refractivity contribution in [2.24, 2.45) is 5.92 Å². The van der Waals surface area contributed by atoms with Crippen LogP contribution in [0.2, 0.25) is 0 Å². The lowest BCUT2D eigenvalue weighted by Crippen LogP contribution is -2.33. The maximum atomic E-state index is 13.6. The van der Waals surface area contributed by atoms with Gasteiger partial charge in [-0.15, -0.1) is 0 Å². The zero-order chi connectivity index (χ0) is 17.8. The second kappa shape index (κ2) is 7.47. The molecule has 2 atom stereocenters. The van der Waals surface area contributed by atoms with Crippen molar-refractivity contribution in [1.29, 1.82) is 0 Å². The maximum Gasteiger partial charge on any atom is 0.225 e. The third-order valence-electron chi connectivity index (χ3n) is 4.69. The van der Waals surface area contributed by atoms with E-state index in [1.807, 2.05) is 37.3 Å². The highest BCUT2D eigenvalue weighted by molar-refractivity contribution is 5.89. The Morgan fingerprint density at radius 2 is 1.88 bits per heavy atom. The Hall–Kier alpha value is -2.69. The van der Waals surface area contributed by atoms with Gasteiger partial charge in [-0.3, -0.25) is 9.59 Å². The van der Waals surface area contributed by atoms with Gasteiger partial charge in [-0.2, -0.15) is 0 Å². The first-order chi connectivity index (χ1) is 12.1. The van der Waals surface area contributed by atoms with Gasteiger partial charge >= 0.3 is 0 Å². The van der Waals surface area contributed by atoms with Crippen molar-refractivity contribution in [2.75, 3.05) is 6.54 Å². The average molecular weight is 340 g/mol. The number of rotatable bonds is 5. The summed E-state index contributed by atoms with van der Waals surface area (Å²) in [5, 5.41) is 2.74. The molecule has 0 radical (unpaired) electrons. The lowest BCUT2D eigenvalue weighted by molar-refractivity contribution is -0.130.